The highest BCUT2D eigenvalue weighted by Gasteiger charge is 2.16. The monoisotopic (exact) mass is 328 g/mol. The van der Waals surface area contributed by atoms with Gasteiger partial charge in [0.05, 0.1) is 0 Å². The Bertz CT molecular complexity index is 699. The normalized spacial score (nSPS) is 11.7. The van der Waals surface area contributed by atoms with E-state index in [1.54, 1.807) is 24.3 Å². The van der Waals surface area contributed by atoms with Crippen molar-refractivity contribution in [3.63, 3.8) is 0 Å². The third-order valence-corrected chi connectivity index (χ3v) is 5.89. The van der Waals surface area contributed by atoms with E-state index in [0.717, 1.165) is 10.4 Å². The van der Waals surface area contributed by atoms with E-state index in [1.165, 1.54) is 23.5 Å². The number of sulfonamides is 1. The van der Waals surface area contributed by atoms with Gasteiger partial charge in [0.15, 0.2) is 0 Å². The highest BCUT2D eigenvalue weighted by Crippen LogP contribution is 2.21. The number of nitrogens with one attached hydrogen (secondary N) is 2. The number of rotatable bonds is 7. The number of hydrogen-bond acceptors (Lipinski definition) is 4. The van der Waals surface area contributed by atoms with Gasteiger partial charge in [-0.2, -0.15) is 0 Å². The average Bonchev–Trinajstić information content (AvgIpc) is 2.88. The van der Waals surface area contributed by atoms with Gasteiger partial charge in [0.25, 0.3) is 0 Å². The second-order valence-electron chi connectivity index (χ2n) is 4.53. The molecule has 0 aliphatic rings. The van der Waals surface area contributed by atoms with Crippen molar-refractivity contribution in [1.82, 2.24) is 10.0 Å². The fraction of sp³-hybridized carbons (Fsp3) is 0.286. The lowest BCUT2D eigenvalue weighted by atomic mass is 10.1. The third-order valence-electron chi connectivity index (χ3n) is 2.85. The Morgan fingerprint density at radius 3 is 2.76 bits per heavy atom. The van der Waals surface area contributed by atoms with E-state index in [1.807, 2.05) is 7.05 Å². The van der Waals surface area contributed by atoms with Crippen LogP contribution in [0.2, 0.25) is 0 Å². The smallest absolute Gasteiger partial charge is 0.250 e. The topological polar surface area (TPSA) is 58.2 Å². The molecule has 0 bridgehead atoms. The molecule has 4 nitrogen and oxygen atoms in total. The van der Waals surface area contributed by atoms with Crippen LogP contribution in [0.5, 0.6) is 0 Å². The van der Waals surface area contributed by atoms with Gasteiger partial charge in [-0.25, -0.2) is 17.5 Å². The Hall–Kier alpha value is -1.28. The molecule has 0 radical (unpaired) electrons. The third kappa shape index (κ3) is 4.60. The zero-order chi connectivity index (χ0) is 15.3. The molecule has 0 spiro atoms. The first-order chi connectivity index (χ1) is 10.0. The number of benzene rings is 1. The lowest BCUT2D eigenvalue weighted by Gasteiger charge is -2.05. The summed E-state index contributed by atoms with van der Waals surface area (Å²) in [5.41, 5.74) is 0.764. The molecule has 2 rings (SSSR count). The molecule has 0 saturated heterocycles. The summed E-state index contributed by atoms with van der Waals surface area (Å²) in [6.07, 6.45) is 0.450. The summed E-state index contributed by atoms with van der Waals surface area (Å²) in [6.45, 7) is 0.883. The van der Waals surface area contributed by atoms with Crippen molar-refractivity contribution in [2.24, 2.45) is 0 Å². The molecule has 1 heterocycles. The van der Waals surface area contributed by atoms with Gasteiger partial charge in [-0.3, -0.25) is 0 Å². The Morgan fingerprint density at radius 1 is 1.24 bits per heavy atom. The van der Waals surface area contributed by atoms with Crippen LogP contribution in [-0.2, 0) is 23.0 Å². The lowest BCUT2D eigenvalue weighted by molar-refractivity contribution is 0.583. The molecule has 0 fully saturated rings. The van der Waals surface area contributed by atoms with E-state index >= 15 is 0 Å². The van der Waals surface area contributed by atoms with Crippen LogP contribution in [-0.4, -0.2) is 22.0 Å². The molecule has 2 aromatic rings. The number of thiophene rings is 1. The zero-order valence-electron chi connectivity index (χ0n) is 11.6. The van der Waals surface area contributed by atoms with Crippen molar-refractivity contribution >= 4 is 21.4 Å². The summed E-state index contributed by atoms with van der Waals surface area (Å²) in [5, 5.41) is 2.98. The number of halogens is 1. The molecule has 114 valence electrons. The highest BCUT2D eigenvalue weighted by molar-refractivity contribution is 7.91. The summed E-state index contributed by atoms with van der Waals surface area (Å²) < 4.78 is 40.1. The minimum absolute atomic E-state index is 0.241. The molecule has 1 aromatic carbocycles. The van der Waals surface area contributed by atoms with E-state index in [2.05, 4.69) is 10.0 Å². The van der Waals surface area contributed by atoms with Crippen LogP contribution in [0.15, 0.2) is 40.6 Å². The number of hydrogen-bond donors (Lipinski definition) is 2. The van der Waals surface area contributed by atoms with Gasteiger partial charge < -0.3 is 5.32 Å². The molecule has 0 amide bonds. The van der Waals surface area contributed by atoms with Crippen LogP contribution in [0.3, 0.4) is 0 Å². The summed E-state index contributed by atoms with van der Waals surface area (Å²) in [6, 6.07) is 9.55. The van der Waals surface area contributed by atoms with E-state index < -0.39 is 10.0 Å². The first-order valence-corrected chi connectivity index (χ1v) is 8.78. The Morgan fingerprint density at radius 2 is 2.05 bits per heavy atom. The summed E-state index contributed by atoms with van der Waals surface area (Å²) in [7, 11) is -1.68. The molecule has 0 aliphatic carbocycles. The van der Waals surface area contributed by atoms with Gasteiger partial charge >= 0.3 is 0 Å². The minimum Gasteiger partial charge on any atom is -0.315 e. The fourth-order valence-corrected chi connectivity index (χ4v) is 4.31. The summed E-state index contributed by atoms with van der Waals surface area (Å²) >= 11 is 1.24. The zero-order valence-corrected chi connectivity index (χ0v) is 13.2. The molecule has 0 aliphatic heterocycles. The first kappa shape index (κ1) is 16.1. The predicted molar refractivity (Wildman–Crippen MR) is 82.4 cm³/mol. The average molecular weight is 328 g/mol. The van der Waals surface area contributed by atoms with Gasteiger partial charge in [-0.1, -0.05) is 12.1 Å². The quantitative estimate of drug-likeness (QED) is 0.818. The van der Waals surface area contributed by atoms with Crippen molar-refractivity contribution in [3.05, 3.63) is 52.7 Å². The largest absolute Gasteiger partial charge is 0.315 e. The molecule has 0 atom stereocenters. The Kier molecular flexibility index (Phi) is 5.46. The molecule has 0 unspecified atom stereocenters. The van der Waals surface area contributed by atoms with E-state index in [4.69, 9.17) is 0 Å². The summed E-state index contributed by atoms with van der Waals surface area (Å²) in [4.78, 5) is 0.961. The van der Waals surface area contributed by atoms with Crippen LogP contribution in [0.4, 0.5) is 4.39 Å². The predicted octanol–water partition coefficient (Wildman–Crippen LogP) is 2.13. The van der Waals surface area contributed by atoms with Crippen molar-refractivity contribution < 1.29 is 12.8 Å². The van der Waals surface area contributed by atoms with Crippen LogP contribution in [0.25, 0.3) is 0 Å². The lowest BCUT2D eigenvalue weighted by Crippen LogP contribution is -2.25. The van der Waals surface area contributed by atoms with Crippen LogP contribution in [0.1, 0.15) is 10.4 Å². The second kappa shape index (κ2) is 7.13. The van der Waals surface area contributed by atoms with E-state index in [0.29, 0.717) is 17.2 Å². The van der Waals surface area contributed by atoms with Gasteiger partial charge in [-0.15, -0.1) is 11.3 Å². The molecule has 1 aromatic heterocycles. The van der Waals surface area contributed by atoms with Gasteiger partial charge in [-0.05, 0) is 43.3 Å². The van der Waals surface area contributed by atoms with Crippen molar-refractivity contribution in [2.45, 2.75) is 17.2 Å². The molecule has 2 N–H and O–H groups in total. The van der Waals surface area contributed by atoms with Crippen molar-refractivity contribution in [1.29, 1.82) is 0 Å². The van der Waals surface area contributed by atoms with Gasteiger partial charge in [0.1, 0.15) is 10.0 Å². The second-order valence-corrected chi connectivity index (χ2v) is 7.69. The molecular formula is C14H17FN2O2S2. The molecule has 7 heteroatoms. The maximum Gasteiger partial charge on any atom is 0.250 e. The standard InChI is InChI=1S/C14H17FN2O2S2/c1-16-10-13-5-6-14(20-13)21(18,19)17-8-7-11-3-2-4-12(15)9-11/h2-6,9,16-17H,7-8,10H2,1H3. The van der Waals surface area contributed by atoms with Crippen LogP contribution in [0, 0.1) is 5.82 Å². The van der Waals surface area contributed by atoms with Crippen molar-refractivity contribution in [3.8, 4) is 0 Å². The van der Waals surface area contributed by atoms with Crippen molar-refractivity contribution in [2.75, 3.05) is 13.6 Å². The Balaban J connectivity index is 1.94. The van der Waals surface area contributed by atoms with Crippen LogP contribution < -0.4 is 10.0 Å². The van der Waals surface area contributed by atoms with Crippen LogP contribution >= 0.6 is 11.3 Å². The summed E-state index contributed by atoms with van der Waals surface area (Å²) in [5.74, 6) is -0.315. The van der Waals surface area contributed by atoms with E-state index in [-0.39, 0.29) is 12.4 Å². The molecule has 21 heavy (non-hydrogen) atoms. The minimum atomic E-state index is -3.49. The van der Waals surface area contributed by atoms with E-state index in [9.17, 15) is 12.8 Å². The molecular weight excluding hydrogens is 311 g/mol. The maximum absolute atomic E-state index is 13.0. The SMILES string of the molecule is CNCc1ccc(S(=O)(=O)NCCc2cccc(F)c2)s1. The highest BCUT2D eigenvalue weighted by atomic mass is 32.2. The first-order valence-electron chi connectivity index (χ1n) is 6.49. The maximum atomic E-state index is 13.0. The Labute approximate surface area is 128 Å². The van der Waals surface area contributed by atoms with Gasteiger partial charge in [0, 0.05) is 18.0 Å². The van der Waals surface area contributed by atoms with Gasteiger partial charge in [0.2, 0.25) is 10.0 Å². The molecule has 0 saturated carbocycles. The fourth-order valence-electron chi connectivity index (χ4n) is 1.87.